The molecule has 4 heteroatoms. The third-order valence-electron chi connectivity index (χ3n) is 2.77. The van der Waals surface area contributed by atoms with Crippen LogP contribution in [0.2, 0.25) is 0 Å². The van der Waals surface area contributed by atoms with Crippen molar-refractivity contribution >= 4 is 11.6 Å². The van der Waals surface area contributed by atoms with Crippen LogP contribution in [-0.4, -0.2) is 17.4 Å². The Hall–Kier alpha value is -2.64. The Balaban J connectivity index is 2.12. The number of carbonyl (C=O) groups excluding carboxylic acids is 1. The third kappa shape index (κ3) is 3.44. The zero-order valence-corrected chi connectivity index (χ0v) is 11.2. The minimum absolute atomic E-state index is 0.167. The molecule has 0 aliphatic heterocycles. The van der Waals surface area contributed by atoms with Gasteiger partial charge in [-0.05, 0) is 42.8 Å². The molecular formula is C16H15N3O. The van der Waals surface area contributed by atoms with Gasteiger partial charge in [0.15, 0.2) is 0 Å². The Morgan fingerprint density at radius 1 is 1.30 bits per heavy atom. The number of amides is 1. The average molecular weight is 265 g/mol. The predicted molar refractivity (Wildman–Crippen MR) is 79.3 cm³/mol. The molecule has 0 spiro atoms. The van der Waals surface area contributed by atoms with E-state index in [0.717, 1.165) is 11.1 Å². The van der Waals surface area contributed by atoms with Crippen LogP contribution >= 0.6 is 0 Å². The average Bonchev–Trinajstić information content (AvgIpc) is 2.48. The minimum Gasteiger partial charge on any atom is -0.320 e. The Labute approximate surface area is 118 Å². The maximum atomic E-state index is 12.1. The molecule has 4 nitrogen and oxygen atoms in total. The van der Waals surface area contributed by atoms with Crippen LogP contribution in [0.15, 0.2) is 42.7 Å². The van der Waals surface area contributed by atoms with E-state index in [9.17, 15) is 4.79 Å². The highest BCUT2D eigenvalue weighted by atomic mass is 16.1. The SMILES string of the molecule is Cc1ccncc1NC(=O)c1ccc(C#CCN)cc1. The van der Waals surface area contributed by atoms with Crippen molar-refractivity contribution in [3.8, 4) is 11.8 Å². The van der Waals surface area contributed by atoms with E-state index in [1.54, 1.807) is 36.7 Å². The Kier molecular flexibility index (Phi) is 4.48. The van der Waals surface area contributed by atoms with Gasteiger partial charge in [-0.15, -0.1) is 0 Å². The summed E-state index contributed by atoms with van der Waals surface area (Å²) in [6, 6.07) is 8.92. The zero-order chi connectivity index (χ0) is 14.4. The van der Waals surface area contributed by atoms with Crippen molar-refractivity contribution in [1.82, 2.24) is 4.98 Å². The highest BCUT2D eigenvalue weighted by molar-refractivity contribution is 6.04. The van der Waals surface area contributed by atoms with Crippen LogP contribution in [-0.2, 0) is 0 Å². The van der Waals surface area contributed by atoms with Crippen molar-refractivity contribution in [2.45, 2.75) is 6.92 Å². The number of aryl methyl sites for hydroxylation is 1. The van der Waals surface area contributed by atoms with Gasteiger partial charge in [-0.1, -0.05) is 11.8 Å². The predicted octanol–water partition coefficient (Wildman–Crippen LogP) is 1.95. The van der Waals surface area contributed by atoms with Crippen molar-refractivity contribution in [1.29, 1.82) is 0 Å². The lowest BCUT2D eigenvalue weighted by atomic mass is 10.1. The van der Waals surface area contributed by atoms with Gasteiger partial charge in [0.05, 0.1) is 18.4 Å². The minimum atomic E-state index is -0.167. The number of benzene rings is 1. The molecule has 1 aromatic carbocycles. The van der Waals surface area contributed by atoms with Crippen molar-refractivity contribution in [3.05, 3.63) is 59.4 Å². The van der Waals surface area contributed by atoms with Crippen LogP contribution in [0.5, 0.6) is 0 Å². The lowest BCUT2D eigenvalue weighted by Gasteiger charge is -2.07. The maximum absolute atomic E-state index is 12.1. The summed E-state index contributed by atoms with van der Waals surface area (Å²) in [5.41, 5.74) is 8.41. The molecule has 0 bridgehead atoms. The first-order chi connectivity index (χ1) is 9.70. The van der Waals surface area contributed by atoms with E-state index in [4.69, 9.17) is 5.73 Å². The number of nitrogens with zero attached hydrogens (tertiary/aromatic N) is 1. The van der Waals surface area contributed by atoms with Gasteiger partial charge in [0.25, 0.3) is 5.91 Å². The standard InChI is InChI=1S/C16H15N3O/c1-12-8-10-18-11-15(12)19-16(20)14-6-4-13(5-7-14)3-2-9-17/h4-8,10-11H,9,17H2,1H3,(H,19,20). The topological polar surface area (TPSA) is 68.0 Å². The van der Waals surface area contributed by atoms with Crippen LogP contribution < -0.4 is 11.1 Å². The molecule has 0 aliphatic carbocycles. The number of nitrogens with two attached hydrogens (primary N) is 1. The normalized spacial score (nSPS) is 9.50. The molecular weight excluding hydrogens is 250 g/mol. The number of aromatic nitrogens is 1. The van der Waals surface area contributed by atoms with Crippen LogP contribution in [0.25, 0.3) is 0 Å². The lowest BCUT2D eigenvalue weighted by molar-refractivity contribution is 0.102. The van der Waals surface area contributed by atoms with Crippen LogP contribution in [0.1, 0.15) is 21.5 Å². The fraction of sp³-hybridized carbons (Fsp3) is 0.125. The summed E-state index contributed by atoms with van der Waals surface area (Å²) < 4.78 is 0. The number of rotatable bonds is 2. The summed E-state index contributed by atoms with van der Waals surface area (Å²) in [7, 11) is 0. The van der Waals surface area contributed by atoms with Gasteiger partial charge in [0.2, 0.25) is 0 Å². The molecule has 0 atom stereocenters. The van der Waals surface area contributed by atoms with E-state index in [0.29, 0.717) is 17.8 Å². The number of hydrogen-bond donors (Lipinski definition) is 2. The van der Waals surface area contributed by atoms with Crippen molar-refractivity contribution in [3.63, 3.8) is 0 Å². The summed E-state index contributed by atoms with van der Waals surface area (Å²) in [6.45, 7) is 2.24. The highest BCUT2D eigenvalue weighted by Gasteiger charge is 2.07. The van der Waals surface area contributed by atoms with E-state index in [-0.39, 0.29) is 5.91 Å². The second-order valence-electron chi connectivity index (χ2n) is 4.23. The van der Waals surface area contributed by atoms with Crippen LogP contribution in [0, 0.1) is 18.8 Å². The van der Waals surface area contributed by atoms with E-state index < -0.39 is 0 Å². The summed E-state index contributed by atoms with van der Waals surface area (Å²) >= 11 is 0. The number of nitrogens with one attached hydrogen (secondary N) is 1. The smallest absolute Gasteiger partial charge is 0.255 e. The summed E-state index contributed by atoms with van der Waals surface area (Å²) in [5, 5.41) is 2.83. The van der Waals surface area contributed by atoms with Crippen molar-refractivity contribution in [2.24, 2.45) is 5.73 Å². The van der Waals surface area contributed by atoms with E-state index in [2.05, 4.69) is 22.1 Å². The van der Waals surface area contributed by atoms with Gasteiger partial charge in [-0.3, -0.25) is 9.78 Å². The molecule has 1 heterocycles. The third-order valence-corrected chi connectivity index (χ3v) is 2.77. The molecule has 1 aromatic heterocycles. The number of anilines is 1. The van der Waals surface area contributed by atoms with Gasteiger partial charge < -0.3 is 11.1 Å². The molecule has 0 unspecified atom stereocenters. The molecule has 2 aromatic rings. The highest BCUT2D eigenvalue weighted by Crippen LogP contribution is 2.13. The lowest BCUT2D eigenvalue weighted by Crippen LogP contribution is -2.12. The molecule has 20 heavy (non-hydrogen) atoms. The molecule has 0 fully saturated rings. The summed E-state index contributed by atoms with van der Waals surface area (Å²) in [5.74, 6) is 5.51. The van der Waals surface area contributed by atoms with Gasteiger partial charge in [-0.25, -0.2) is 0 Å². The number of pyridine rings is 1. The first kappa shape index (κ1) is 13.8. The molecule has 1 amide bonds. The van der Waals surface area contributed by atoms with Gasteiger partial charge >= 0.3 is 0 Å². The zero-order valence-electron chi connectivity index (χ0n) is 11.2. The molecule has 0 aliphatic rings. The fourth-order valence-electron chi connectivity index (χ4n) is 1.65. The first-order valence-electron chi connectivity index (χ1n) is 6.21. The van der Waals surface area contributed by atoms with Gasteiger partial charge in [0.1, 0.15) is 0 Å². The van der Waals surface area contributed by atoms with E-state index in [1.165, 1.54) is 0 Å². The Bertz CT molecular complexity index is 666. The summed E-state index contributed by atoms with van der Waals surface area (Å²) in [6.07, 6.45) is 3.32. The van der Waals surface area contributed by atoms with Crippen LogP contribution in [0.3, 0.4) is 0 Å². The molecule has 0 saturated carbocycles. The van der Waals surface area contributed by atoms with Gasteiger partial charge in [-0.2, -0.15) is 0 Å². The van der Waals surface area contributed by atoms with Crippen molar-refractivity contribution < 1.29 is 4.79 Å². The van der Waals surface area contributed by atoms with Crippen LogP contribution in [0.4, 0.5) is 5.69 Å². The molecule has 0 radical (unpaired) electrons. The quantitative estimate of drug-likeness (QED) is 0.815. The first-order valence-corrected chi connectivity index (χ1v) is 6.21. The number of carbonyl (C=O) groups is 1. The Morgan fingerprint density at radius 3 is 2.70 bits per heavy atom. The van der Waals surface area contributed by atoms with E-state index >= 15 is 0 Å². The Morgan fingerprint density at radius 2 is 2.05 bits per heavy atom. The molecule has 100 valence electrons. The molecule has 3 N–H and O–H groups in total. The van der Waals surface area contributed by atoms with Gasteiger partial charge in [0, 0.05) is 17.3 Å². The second kappa shape index (κ2) is 6.50. The van der Waals surface area contributed by atoms with E-state index in [1.807, 2.05) is 13.0 Å². The summed E-state index contributed by atoms with van der Waals surface area (Å²) in [4.78, 5) is 16.1. The molecule has 0 saturated heterocycles. The monoisotopic (exact) mass is 265 g/mol. The second-order valence-corrected chi connectivity index (χ2v) is 4.23. The number of hydrogen-bond acceptors (Lipinski definition) is 3. The molecule has 2 rings (SSSR count). The van der Waals surface area contributed by atoms with Crippen molar-refractivity contribution in [2.75, 3.05) is 11.9 Å². The fourth-order valence-corrected chi connectivity index (χ4v) is 1.65. The largest absolute Gasteiger partial charge is 0.320 e. The maximum Gasteiger partial charge on any atom is 0.255 e.